The molecule has 1 amide bonds. The summed E-state index contributed by atoms with van der Waals surface area (Å²) in [6.07, 6.45) is -8.55. The van der Waals surface area contributed by atoms with Crippen molar-refractivity contribution in [1.29, 1.82) is 0 Å². The molecule has 226 valence electrons. The number of carbonyl (C=O) groups is 1. The molecule has 1 aromatic heterocycles. The molecule has 0 saturated carbocycles. The molecule has 0 radical (unpaired) electrons. The van der Waals surface area contributed by atoms with Crippen molar-refractivity contribution < 1.29 is 35.9 Å². The second kappa shape index (κ2) is 12.7. The SMILES string of the molecule is Cc1ccccc1-c1cc(N(C)CCN2CCOCC2)ncc1C(=O)N(C)Cc1cc(C(F)(F)F)cc(C(F)(F)F)c1. The van der Waals surface area contributed by atoms with Crippen molar-refractivity contribution in [1.82, 2.24) is 14.8 Å². The topological polar surface area (TPSA) is 48.9 Å². The van der Waals surface area contributed by atoms with E-state index in [0.29, 0.717) is 43.3 Å². The maximum atomic E-state index is 13.6. The third kappa shape index (κ3) is 7.60. The van der Waals surface area contributed by atoms with Gasteiger partial charge in [-0.25, -0.2) is 4.98 Å². The Bertz CT molecular complexity index is 1370. The number of rotatable bonds is 8. The van der Waals surface area contributed by atoms with E-state index in [2.05, 4.69) is 9.88 Å². The Morgan fingerprint density at radius 2 is 1.55 bits per heavy atom. The van der Waals surface area contributed by atoms with Crippen LogP contribution >= 0.6 is 0 Å². The summed E-state index contributed by atoms with van der Waals surface area (Å²) in [6, 6.07) is 10.5. The third-order valence-electron chi connectivity index (χ3n) is 7.22. The van der Waals surface area contributed by atoms with E-state index in [9.17, 15) is 31.1 Å². The molecule has 1 aliphatic rings. The van der Waals surface area contributed by atoms with Crippen LogP contribution in [0.25, 0.3) is 11.1 Å². The van der Waals surface area contributed by atoms with E-state index in [0.717, 1.165) is 35.7 Å². The molecule has 1 fully saturated rings. The Morgan fingerprint density at radius 3 is 2.14 bits per heavy atom. The van der Waals surface area contributed by atoms with Crippen molar-refractivity contribution in [3.8, 4) is 11.1 Å². The molecule has 4 rings (SSSR count). The third-order valence-corrected chi connectivity index (χ3v) is 7.22. The first-order valence-electron chi connectivity index (χ1n) is 13.3. The number of alkyl halides is 6. The van der Waals surface area contributed by atoms with Crippen LogP contribution in [0.5, 0.6) is 0 Å². The van der Waals surface area contributed by atoms with Crippen molar-refractivity contribution in [2.24, 2.45) is 0 Å². The molecule has 0 atom stereocenters. The molecule has 0 aliphatic carbocycles. The van der Waals surface area contributed by atoms with Crippen LogP contribution in [0.3, 0.4) is 0 Å². The van der Waals surface area contributed by atoms with Crippen LogP contribution in [0, 0.1) is 6.92 Å². The van der Waals surface area contributed by atoms with Gasteiger partial charge >= 0.3 is 12.4 Å². The average molecular weight is 595 g/mol. The number of benzene rings is 2. The fourth-order valence-electron chi connectivity index (χ4n) is 4.81. The summed E-state index contributed by atoms with van der Waals surface area (Å²) in [5.41, 5.74) is -0.765. The van der Waals surface area contributed by atoms with Crippen LogP contribution in [0.15, 0.2) is 54.7 Å². The highest BCUT2D eigenvalue weighted by atomic mass is 19.4. The first-order chi connectivity index (χ1) is 19.7. The summed E-state index contributed by atoms with van der Waals surface area (Å²) in [5, 5.41) is 0. The summed E-state index contributed by atoms with van der Waals surface area (Å²) in [5.74, 6) is 0.0302. The van der Waals surface area contributed by atoms with E-state index in [4.69, 9.17) is 4.74 Å². The monoisotopic (exact) mass is 594 g/mol. The first kappa shape index (κ1) is 31.3. The van der Waals surface area contributed by atoms with Crippen LogP contribution in [0.2, 0.25) is 0 Å². The lowest BCUT2D eigenvalue weighted by atomic mass is 9.96. The molecule has 6 nitrogen and oxygen atoms in total. The molecule has 0 bridgehead atoms. The predicted molar refractivity (Wildman–Crippen MR) is 147 cm³/mol. The second-order valence-electron chi connectivity index (χ2n) is 10.4. The van der Waals surface area contributed by atoms with Gasteiger partial charge in [-0.3, -0.25) is 9.69 Å². The molecule has 12 heteroatoms. The van der Waals surface area contributed by atoms with Crippen molar-refractivity contribution in [2.75, 3.05) is 58.4 Å². The zero-order valence-electron chi connectivity index (χ0n) is 23.5. The highest BCUT2D eigenvalue weighted by Gasteiger charge is 2.37. The molecular weight excluding hydrogens is 562 g/mol. The van der Waals surface area contributed by atoms with Gasteiger partial charge in [0.1, 0.15) is 5.82 Å². The van der Waals surface area contributed by atoms with E-state index < -0.39 is 35.9 Å². The van der Waals surface area contributed by atoms with Gasteiger partial charge < -0.3 is 14.5 Å². The molecule has 2 aromatic carbocycles. The Hall–Kier alpha value is -3.64. The Labute approximate surface area is 240 Å². The Kier molecular flexibility index (Phi) is 9.47. The second-order valence-corrected chi connectivity index (χ2v) is 10.4. The highest BCUT2D eigenvalue weighted by molar-refractivity contribution is 6.01. The fraction of sp³-hybridized carbons (Fsp3) is 0.400. The predicted octanol–water partition coefficient (Wildman–Crippen LogP) is 6.14. The van der Waals surface area contributed by atoms with Crippen molar-refractivity contribution >= 4 is 11.7 Å². The average Bonchev–Trinajstić information content (AvgIpc) is 2.95. The lowest BCUT2D eigenvalue weighted by molar-refractivity contribution is -0.143. The highest BCUT2D eigenvalue weighted by Crippen LogP contribution is 2.37. The number of aryl methyl sites for hydroxylation is 1. The zero-order chi connectivity index (χ0) is 30.7. The van der Waals surface area contributed by atoms with Gasteiger partial charge in [0, 0.05) is 53.0 Å². The van der Waals surface area contributed by atoms with Crippen molar-refractivity contribution in [2.45, 2.75) is 25.8 Å². The van der Waals surface area contributed by atoms with Crippen LogP contribution in [0.1, 0.15) is 32.6 Å². The summed E-state index contributed by atoms with van der Waals surface area (Å²) in [6.45, 7) is 5.92. The van der Waals surface area contributed by atoms with Gasteiger partial charge in [0.15, 0.2) is 0 Å². The number of ether oxygens (including phenoxy) is 1. The van der Waals surface area contributed by atoms with Gasteiger partial charge in [-0.2, -0.15) is 26.3 Å². The molecule has 2 heterocycles. The van der Waals surface area contributed by atoms with Gasteiger partial charge in [0.05, 0.1) is 29.9 Å². The quantitative estimate of drug-likeness (QED) is 0.294. The summed E-state index contributed by atoms with van der Waals surface area (Å²) in [7, 11) is 3.23. The summed E-state index contributed by atoms with van der Waals surface area (Å²) < 4.78 is 85.6. The number of morpholine rings is 1. The number of anilines is 1. The normalized spacial score (nSPS) is 14.6. The lowest BCUT2D eigenvalue weighted by Crippen LogP contribution is -2.40. The summed E-state index contributed by atoms with van der Waals surface area (Å²) >= 11 is 0. The molecule has 42 heavy (non-hydrogen) atoms. The zero-order valence-corrected chi connectivity index (χ0v) is 23.5. The van der Waals surface area contributed by atoms with E-state index >= 15 is 0 Å². The van der Waals surface area contributed by atoms with Crippen molar-refractivity contribution in [3.63, 3.8) is 0 Å². The van der Waals surface area contributed by atoms with Crippen LogP contribution < -0.4 is 4.90 Å². The maximum Gasteiger partial charge on any atom is 0.416 e. The first-order valence-corrected chi connectivity index (χ1v) is 13.3. The Balaban J connectivity index is 1.64. The number of halogens is 6. The van der Waals surface area contributed by atoms with E-state index in [1.165, 1.54) is 13.2 Å². The number of hydrogen-bond donors (Lipinski definition) is 0. The molecule has 1 aliphatic heterocycles. The minimum Gasteiger partial charge on any atom is -0.379 e. The molecule has 0 N–H and O–H groups in total. The standard InChI is InChI=1S/C30H32F6N4O2/c1-20-6-4-5-7-24(20)25-17-27(38(2)8-9-40-10-12-42-13-11-40)37-18-26(25)28(41)39(3)19-21-14-22(29(31,32)33)16-23(15-21)30(34,35)36/h4-7,14-18H,8-13,19H2,1-3H3. The number of likely N-dealkylation sites (N-methyl/N-ethyl adjacent to an activating group) is 1. The van der Waals surface area contributed by atoms with Crippen molar-refractivity contribution in [3.05, 3.63) is 82.5 Å². The maximum absolute atomic E-state index is 13.6. The Morgan fingerprint density at radius 1 is 0.929 bits per heavy atom. The minimum atomic E-state index is -4.98. The van der Waals surface area contributed by atoms with Gasteiger partial charge in [-0.15, -0.1) is 0 Å². The molecule has 1 saturated heterocycles. The van der Waals surface area contributed by atoms with Crippen LogP contribution in [-0.2, 0) is 23.6 Å². The van der Waals surface area contributed by atoms with E-state index in [-0.39, 0.29) is 17.2 Å². The lowest BCUT2D eigenvalue weighted by Gasteiger charge is -2.29. The van der Waals surface area contributed by atoms with Gasteiger partial charge in [0.25, 0.3) is 5.91 Å². The number of hydrogen-bond acceptors (Lipinski definition) is 5. The summed E-state index contributed by atoms with van der Waals surface area (Å²) in [4.78, 5) is 23.5. The molecular formula is C30H32F6N4O2. The molecule has 0 unspecified atom stereocenters. The van der Waals surface area contributed by atoms with Gasteiger partial charge in [-0.05, 0) is 53.4 Å². The van der Waals surface area contributed by atoms with E-state index in [1.807, 2.05) is 43.1 Å². The molecule has 3 aromatic rings. The van der Waals surface area contributed by atoms with E-state index in [1.54, 1.807) is 6.07 Å². The number of aromatic nitrogens is 1. The smallest absolute Gasteiger partial charge is 0.379 e. The number of nitrogens with zero attached hydrogens (tertiary/aromatic N) is 4. The number of amides is 1. The number of pyridine rings is 1. The van der Waals surface area contributed by atoms with Gasteiger partial charge in [0.2, 0.25) is 0 Å². The number of carbonyl (C=O) groups excluding carboxylic acids is 1. The fourth-order valence-corrected chi connectivity index (χ4v) is 4.81. The van der Waals surface area contributed by atoms with Gasteiger partial charge in [-0.1, -0.05) is 24.3 Å². The largest absolute Gasteiger partial charge is 0.416 e. The molecule has 0 spiro atoms. The minimum absolute atomic E-state index is 0.0693. The van der Waals surface area contributed by atoms with Crippen LogP contribution in [0.4, 0.5) is 32.2 Å². The van der Waals surface area contributed by atoms with Crippen LogP contribution in [-0.4, -0.2) is 74.2 Å².